The second-order valence-electron chi connectivity index (χ2n) is 10.4. The monoisotopic (exact) mass is 532 g/mol. The number of likely N-dealkylation sites (tertiary alicyclic amines) is 2. The van der Waals surface area contributed by atoms with Crippen LogP contribution in [0, 0.1) is 34.8 Å². The topological polar surface area (TPSA) is 105 Å². The molecule has 8 nitrogen and oxygen atoms in total. The van der Waals surface area contributed by atoms with Crippen LogP contribution in [0.15, 0.2) is 54.7 Å². The normalized spacial score (nSPS) is 22.8. The number of aliphatic hydroxyl groups is 1. The van der Waals surface area contributed by atoms with Crippen molar-refractivity contribution in [2.45, 2.75) is 12.1 Å². The number of nitriles is 1. The molecule has 0 unspecified atom stereocenters. The summed E-state index contributed by atoms with van der Waals surface area (Å²) >= 11 is 0. The molecule has 1 aromatic heterocycles. The Labute approximate surface area is 225 Å². The van der Waals surface area contributed by atoms with E-state index in [2.05, 4.69) is 26.6 Å². The first-order chi connectivity index (χ1) is 18.7. The quantitative estimate of drug-likeness (QED) is 0.465. The molecule has 0 radical (unpaired) electrons. The first-order valence-corrected chi connectivity index (χ1v) is 12.8. The van der Waals surface area contributed by atoms with Crippen LogP contribution in [0.1, 0.15) is 16.8 Å². The first-order valence-electron chi connectivity index (χ1n) is 12.8. The maximum absolute atomic E-state index is 13.6. The number of hydrogen-bond donors (Lipinski definition) is 3. The lowest BCUT2D eigenvalue weighted by molar-refractivity contribution is -0.155. The Hall–Kier alpha value is -3.91. The average Bonchev–Trinajstić information content (AvgIpc) is 2.89. The molecule has 202 valence electrons. The van der Waals surface area contributed by atoms with Crippen LogP contribution in [-0.4, -0.2) is 66.2 Å². The van der Waals surface area contributed by atoms with Crippen LogP contribution < -0.4 is 10.6 Å². The maximum Gasteiger partial charge on any atom is 0.321 e. The van der Waals surface area contributed by atoms with E-state index in [0.717, 1.165) is 34.9 Å². The molecule has 2 saturated heterocycles. The summed E-state index contributed by atoms with van der Waals surface area (Å²) < 4.78 is 27.2. The molecule has 2 amide bonds. The maximum atomic E-state index is 13.6. The van der Waals surface area contributed by atoms with Crippen LogP contribution in [0.2, 0.25) is 0 Å². The van der Waals surface area contributed by atoms with Crippen molar-refractivity contribution in [2.75, 3.05) is 45.6 Å². The van der Waals surface area contributed by atoms with E-state index in [0.29, 0.717) is 30.9 Å². The second-order valence-corrected chi connectivity index (χ2v) is 10.4. The summed E-state index contributed by atoms with van der Waals surface area (Å²) in [5.74, 6) is -2.22. The van der Waals surface area contributed by atoms with Crippen molar-refractivity contribution in [3.05, 3.63) is 83.2 Å². The number of carbonyl (C=O) groups is 1. The Morgan fingerprint density at radius 2 is 1.79 bits per heavy atom. The Morgan fingerprint density at radius 1 is 1.10 bits per heavy atom. The van der Waals surface area contributed by atoms with Gasteiger partial charge in [-0.25, -0.2) is 13.6 Å². The number of anilines is 1. The number of benzene rings is 2. The van der Waals surface area contributed by atoms with Crippen LogP contribution in [0.5, 0.6) is 0 Å². The predicted octanol–water partition coefficient (Wildman–Crippen LogP) is 3.53. The summed E-state index contributed by atoms with van der Waals surface area (Å²) in [6.45, 7) is 2.23. The molecule has 2 fully saturated rings. The standard InChI is InChI=1S/C29H30F2N6O2/c1-33-12-18-3-5-26(20(7-18)11-32)19-4-6-27(34-13-19)29(39)21-14-36(2)15-22(29)17-37(16-21)28(38)35-25-9-23(30)8-24(31)10-25/h3-10,13,21-22,33,39H,12,14-17H2,1-2H3,(H,35,38)/t21-,22+,29+. The molecule has 3 heterocycles. The van der Waals surface area contributed by atoms with Gasteiger partial charge in [-0.05, 0) is 43.9 Å². The molecule has 0 saturated carbocycles. The molecule has 39 heavy (non-hydrogen) atoms. The van der Waals surface area contributed by atoms with E-state index in [9.17, 15) is 23.9 Å². The zero-order chi connectivity index (χ0) is 27.7. The number of urea groups is 1. The molecule has 3 N–H and O–H groups in total. The summed E-state index contributed by atoms with van der Waals surface area (Å²) in [5, 5.41) is 27.4. The number of aromatic nitrogens is 1. The number of amides is 2. The molecule has 0 aliphatic carbocycles. The van der Waals surface area contributed by atoms with Gasteiger partial charge in [-0.2, -0.15) is 5.26 Å². The largest absolute Gasteiger partial charge is 0.383 e. The van der Waals surface area contributed by atoms with Gasteiger partial charge in [-0.3, -0.25) is 4.98 Å². The third kappa shape index (κ3) is 5.21. The van der Waals surface area contributed by atoms with Crippen molar-refractivity contribution < 1.29 is 18.7 Å². The number of nitrogens with zero attached hydrogens (tertiary/aromatic N) is 4. The van der Waals surface area contributed by atoms with Gasteiger partial charge >= 0.3 is 6.03 Å². The highest BCUT2D eigenvalue weighted by Crippen LogP contribution is 2.44. The summed E-state index contributed by atoms with van der Waals surface area (Å²) in [6, 6.07) is 14.0. The molecule has 2 bridgehead atoms. The fourth-order valence-corrected chi connectivity index (χ4v) is 5.89. The lowest BCUT2D eigenvalue weighted by atomic mass is 9.68. The lowest BCUT2D eigenvalue weighted by Gasteiger charge is -2.54. The summed E-state index contributed by atoms with van der Waals surface area (Å²) in [6.07, 6.45) is 1.68. The number of piperidine rings is 2. The predicted molar refractivity (Wildman–Crippen MR) is 142 cm³/mol. The highest BCUT2D eigenvalue weighted by Gasteiger charge is 2.54. The van der Waals surface area contributed by atoms with Crippen LogP contribution in [-0.2, 0) is 12.1 Å². The van der Waals surface area contributed by atoms with Gasteiger partial charge in [0.05, 0.1) is 17.3 Å². The second kappa shape index (κ2) is 10.7. The first kappa shape index (κ1) is 26.7. The smallest absolute Gasteiger partial charge is 0.321 e. The molecule has 3 aromatic rings. The fraction of sp³-hybridized carbons (Fsp3) is 0.345. The SMILES string of the molecule is CNCc1ccc(-c2ccc([C@]3(O)[C@@H]4CN(C)C[C@H]3CN(C(=O)Nc3cc(F)cc(F)c3)C4)nc2)c(C#N)c1. The van der Waals surface area contributed by atoms with Crippen molar-refractivity contribution in [2.24, 2.45) is 11.8 Å². The van der Waals surface area contributed by atoms with Crippen LogP contribution >= 0.6 is 0 Å². The number of nitrogens with one attached hydrogen (secondary N) is 2. The zero-order valence-electron chi connectivity index (χ0n) is 21.8. The van der Waals surface area contributed by atoms with Crippen LogP contribution in [0.4, 0.5) is 19.3 Å². The average molecular weight is 533 g/mol. The van der Waals surface area contributed by atoms with E-state index in [1.807, 2.05) is 38.4 Å². The van der Waals surface area contributed by atoms with Gasteiger partial charge in [-0.1, -0.05) is 18.2 Å². The minimum atomic E-state index is -1.26. The van der Waals surface area contributed by atoms with Gasteiger partial charge in [-0.15, -0.1) is 0 Å². The molecule has 2 aromatic carbocycles. The van der Waals surface area contributed by atoms with Gasteiger partial charge in [0.15, 0.2) is 0 Å². The highest BCUT2D eigenvalue weighted by atomic mass is 19.1. The third-order valence-corrected chi connectivity index (χ3v) is 7.66. The van der Waals surface area contributed by atoms with E-state index in [1.54, 1.807) is 17.2 Å². The number of halogens is 2. The number of hydrogen-bond acceptors (Lipinski definition) is 6. The van der Waals surface area contributed by atoms with E-state index in [1.165, 1.54) is 0 Å². The molecule has 10 heteroatoms. The molecular formula is C29H30F2N6O2. The van der Waals surface area contributed by atoms with E-state index in [-0.39, 0.29) is 30.6 Å². The van der Waals surface area contributed by atoms with Crippen LogP contribution in [0.3, 0.4) is 0 Å². The van der Waals surface area contributed by atoms with Crippen molar-refractivity contribution in [1.82, 2.24) is 20.1 Å². The van der Waals surface area contributed by atoms with Gasteiger partial charge in [0, 0.05) is 73.6 Å². The van der Waals surface area contributed by atoms with Crippen molar-refractivity contribution in [3.63, 3.8) is 0 Å². The Balaban J connectivity index is 1.38. The molecule has 0 spiro atoms. The lowest BCUT2D eigenvalue weighted by Crippen LogP contribution is -2.66. The molecular weight excluding hydrogens is 502 g/mol. The third-order valence-electron chi connectivity index (χ3n) is 7.66. The minimum absolute atomic E-state index is 0.0357. The number of pyridine rings is 1. The molecule has 5 rings (SSSR count). The number of fused-ring (bicyclic) bond motifs is 2. The highest BCUT2D eigenvalue weighted by molar-refractivity contribution is 5.89. The Morgan fingerprint density at radius 3 is 2.38 bits per heavy atom. The van der Waals surface area contributed by atoms with Crippen molar-refractivity contribution in [3.8, 4) is 17.2 Å². The fourth-order valence-electron chi connectivity index (χ4n) is 5.89. The van der Waals surface area contributed by atoms with Gasteiger partial charge in [0.2, 0.25) is 0 Å². The summed E-state index contributed by atoms with van der Waals surface area (Å²) in [7, 11) is 3.82. The number of rotatable bonds is 5. The van der Waals surface area contributed by atoms with Crippen molar-refractivity contribution in [1.29, 1.82) is 5.26 Å². The summed E-state index contributed by atoms with van der Waals surface area (Å²) in [4.78, 5) is 21.4. The number of carbonyl (C=O) groups excluding carboxylic acids is 1. The van der Waals surface area contributed by atoms with E-state index >= 15 is 0 Å². The Bertz CT molecular complexity index is 1390. The van der Waals surface area contributed by atoms with E-state index in [4.69, 9.17) is 0 Å². The Kier molecular flexibility index (Phi) is 7.32. The molecule has 2 aliphatic heterocycles. The zero-order valence-corrected chi connectivity index (χ0v) is 21.8. The van der Waals surface area contributed by atoms with Gasteiger partial charge < -0.3 is 25.5 Å². The summed E-state index contributed by atoms with van der Waals surface area (Å²) in [5.41, 5.74) is 2.39. The molecule has 3 atom stereocenters. The molecule has 2 aliphatic rings. The van der Waals surface area contributed by atoms with Gasteiger partial charge in [0.1, 0.15) is 17.2 Å². The van der Waals surface area contributed by atoms with Gasteiger partial charge in [0.25, 0.3) is 0 Å². The minimum Gasteiger partial charge on any atom is -0.383 e. The van der Waals surface area contributed by atoms with E-state index < -0.39 is 23.3 Å². The van der Waals surface area contributed by atoms with Crippen LogP contribution in [0.25, 0.3) is 11.1 Å². The van der Waals surface area contributed by atoms with Crippen molar-refractivity contribution >= 4 is 11.7 Å².